The molecule has 0 N–H and O–H groups in total. The van der Waals surface area contributed by atoms with Gasteiger partial charge in [0.25, 0.3) is 0 Å². The summed E-state index contributed by atoms with van der Waals surface area (Å²) < 4.78 is 5.25. The van der Waals surface area contributed by atoms with Crippen LogP contribution in [0.1, 0.15) is 24.0 Å². The SMILES string of the molecule is COCC1CCCN(c2nnc(Cl)c(C)c2C)C1. The Labute approximate surface area is 113 Å². The van der Waals surface area contributed by atoms with E-state index in [1.807, 2.05) is 6.92 Å². The van der Waals surface area contributed by atoms with E-state index in [4.69, 9.17) is 16.3 Å². The molecule has 1 aromatic heterocycles. The molecule has 1 unspecified atom stereocenters. The average Bonchev–Trinajstić information content (AvgIpc) is 2.37. The second-order valence-electron chi connectivity index (χ2n) is 4.97. The summed E-state index contributed by atoms with van der Waals surface area (Å²) in [6.45, 7) is 6.90. The molecule has 0 aliphatic carbocycles. The maximum atomic E-state index is 5.99. The van der Waals surface area contributed by atoms with Crippen LogP contribution in [0.25, 0.3) is 0 Å². The molecule has 1 atom stereocenters. The number of nitrogens with zero attached hydrogens (tertiary/aromatic N) is 3. The molecule has 5 heteroatoms. The molecule has 1 saturated heterocycles. The molecule has 2 rings (SSSR count). The Bertz CT molecular complexity index is 423. The van der Waals surface area contributed by atoms with Crippen LogP contribution < -0.4 is 4.90 Å². The smallest absolute Gasteiger partial charge is 0.155 e. The van der Waals surface area contributed by atoms with Crippen LogP contribution in [0.15, 0.2) is 0 Å². The average molecular weight is 270 g/mol. The molecule has 2 heterocycles. The Morgan fingerprint density at radius 1 is 1.33 bits per heavy atom. The number of methoxy groups -OCH3 is 1. The van der Waals surface area contributed by atoms with Crippen molar-refractivity contribution in [1.82, 2.24) is 10.2 Å². The fourth-order valence-electron chi connectivity index (χ4n) is 2.49. The highest BCUT2D eigenvalue weighted by Gasteiger charge is 2.23. The number of halogens is 1. The van der Waals surface area contributed by atoms with Crippen LogP contribution in [-0.4, -0.2) is 37.0 Å². The van der Waals surface area contributed by atoms with Crippen molar-refractivity contribution < 1.29 is 4.74 Å². The zero-order chi connectivity index (χ0) is 13.1. The van der Waals surface area contributed by atoms with Gasteiger partial charge in [0.05, 0.1) is 6.61 Å². The molecule has 0 radical (unpaired) electrons. The minimum atomic E-state index is 0.502. The van der Waals surface area contributed by atoms with Crippen LogP contribution in [0.2, 0.25) is 5.15 Å². The molecule has 0 amide bonds. The highest BCUT2D eigenvalue weighted by Crippen LogP contribution is 2.27. The Balaban J connectivity index is 2.18. The lowest BCUT2D eigenvalue weighted by Gasteiger charge is -2.34. The quantitative estimate of drug-likeness (QED) is 0.846. The van der Waals surface area contributed by atoms with Crippen molar-refractivity contribution in [3.63, 3.8) is 0 Å². The number of ether oxygens (including phenoxy) is 1. The molecule has 0 spiro atoms. The number of piperidine rings is 1. The highest BCUT2D eigenvalue weighted by molar-refractivity contribution is 6.30. The fraction of sp³-hybridized carbons (Fsp3) is 0.692. The number of hydrogen-bond donors (Lipinski definition) is 0. The normalized spacial score (nSPS) is 20.2. The minimum Gasteiger partial charge on any atom is -0.384 e. The van der Waals surface area contributed by atoms with Gasteiger partial charge in [-0.05, 0) is 43.7 Å². The molecule has 0 aromatic carbocycles. The number of aromatic nitrogens is 2. The zero-order valence-corrected chi connectivity index (χ0v) is 12.0. The first-order chi connectivity index (χ1) is 8.63. The second kappa shape index (κ2) is 5.85. The molecule has 1 aromatic rings. The van der Waals surface area contributed by atoms with Crippen LogP contribution in [0.4, 0.5) is 5.82 Å². The van der Waals surface area contributed by atoms with Gasteiger partial charge in [-0.25, -0.2) is 0 Å². The Morgan fingerprint density at radius 3 is 2.83 bits per heavy atom. The van der Waals surface area contributed by atoms with Crippen molar-refractivity contribution in [2.24, 2.45) is 5.92 Å². The maximum Gasteiger partial charge on any atom is 0.155 e. The third kappa shape index (κ3) is 2.75. The molecular weight excluding hydrogens is 250 g/mol. The zero-order valence-electron chi connectivity index (χ0n) is 11.2. The summed E-state index contributed by atoms with van der Waals surface area (Å²) in [6, 6.07) is 0. The molecule has 18 heavy (non-hydrogen) atoms. The third-order valence-electron chi connectivity index (χ3n) is 3.66. The summed E-state index contributed by atoms with van der Waals surface area (Å²) in [7, 11) is 1.76. The van der Waals surface area contributed by atoms with Crippen LogP contribution in [0.5, 0.6) is 0 Å². The summed E-state index contributed by atoms with van der Waals surface area (Å²) in [6.07, 6.45) is 2.40. The van der Waals surface area contributed by atoms with Crippen molar-refractivity contribution in [2.75, 3.05) is 31.7 Å². The summed E-state index contributed by atoms with van der Waals surface area (Å²) in [4.78, 5) is 2.30. The Kier molecular flexibility index (Phi) is 4.40. The molecular formula is C13H20ClN3O. The molecule has 1 aliphatic heterocycles. The Hall–Kier alpha value is -0.870. The molecule has 1 aliphatic rings. The van der Waals surface area contributed by atoms with Crippen molar-refractivity contribution in [3.8, 4) is 0 Å². The van der Waals surface area contributed by atoms with Gasteiger partial charge in [0.15, 0.2) is 11.0 Å². The van der Waals surface area contributed by atoms with E-state index in [0.29, 0.717) is 11.1 Å². The van der Waals surface area contributed by atoms with Gasteiger partial charge in [0.1, 0.15) is 0 Å². The lowest BCUT2D eigenvalue weighted by molar-refractivity contribution is 0.143. The largest absolute Gasteiger partial charge is 0.384 e. The van der Waals surface area contributed by atoms with Crippen molar-refractivity contribution in [3.05, 3.63) is 16.3 Å². The molecule has 4 nitrogen and oxygen atoms in total. The van der Waals surface area contributed by atoms with E-state index >= 15 is 0 Å². The molecule has 1 fully saturated rings. The summed E-state index contributed by atoms with van der Waals surface area (Å²) in [5.74, 6) is 1.55. The van der Waals surface area contributed by atoms with Crippen LogP contribution in [0, 0.1) is 19.8 Å². The minimum absolute atomic E-state index is 0.502. The number of hydrogen-bond acceptors (Lipinski definition) is 4. The topological polar surface area (TPSA) is 38.2 Å². The van der Waals surface area contributed by atoms with Gasteiger partial charge in [0, 0.05) is 20.2 Å². The van der Waals surface area contributed by atoms with E-state index in [2.05, 4.69) is 22.0 Å². The lowest BCUT2D eigenvalue weighted by atomic mass is 9.98. The Morgan fingerprint density at radius 2 is 2.11 bits per heavy atom. The van der Waals surface area contributed by atoms with Crippen LogP contribution >= 0.6 is 11.6 Å². The summed E-state index contributed by atoms with van der Waals surface area (Å²) >= 11 is 5.99. The highest BCUT2D eigenvalue weighted by atomic mass is 35.5. The third-order valence-corrected chi connectivity index (χ3v) is 4.02. The van der Waals surface area contributed by atoms with Gasteiger partial charge in [0.2, 0.25) is 0 Å². The molecule has 0 saturated carbocycles. The second-order valence-corrected chi connectivity index (χ2v) is 5.33. The van der Waals surface area contributed by atoms with Gasteiger partial charge in [-0.2, -0.15) is 0 Å². The predicted molar refractivity (Wildman–Crippen MR) is 73.3 cm³/mol. The van der Waals surface area contributed by atoms with Gasteiger partial charge >= 0.3 is 0 Å². The first-order valence-electron chi connectivity index (χ1n) is 6.36. The van der Waals surface area contributed by atoms with Crippen molar-refractivity contribution >= 4 is 17.4 Å². The fourth-order valence-corrected chi connectivity index (χ4v) is 2.67. The molecule has 100 valence electrons. The molecule has 0 bridgehead atoms. The predicted octanol–water partition coefficient (Wildman–Crippen LogP) is 2.61. The number of rotatable bonds is 3. The van der Waals surface area contributed by atoms with E-state index in [1.165, 1.54) is 12.8 Å². The standard InChI is InChI=1S/C13H20ClN3O/c1-9-10(2)13(16-15-12(9)14)17-6-4-5-11(7-17)8-18-3/h11H,4-8H2,1-3H3. The van der Waals surface area contributed by atoms with Gasteiger partial charge in [-0.1, -0.05) is 11.6 Å². The van der Waals surface area contributed by atoms with E-state index in [9.17, 15) is 0 Å². The summed E-state index contributed by atoms with van der Waals surface area (Å²) in [5, 5.41) is 8.79. The first kappa shape index (κ1) is 13.6. The maximum absolute atomic E-state index is 5.99. The first-order valence-corrected chi connectivity index (χ1v) is 6.74. The van der Waals surface area contributed by atoms with Gasteiger partial charge in [-0.3, -0.25) is 0 Å². The van der Waals surface area contributed by atoms with E-state index in [0.717, 1.165) is 36.6 Å². The van der Waals surface area contributed by atoms with Gasteiger partial charge < -0.3 is 9.64 Å². The van der Waals surface area contributed by atoms with Crippen molar-refractivity contribution in [1.29, 1.82) is 0 Å². The monoisotopic (exact) mass is 269 g/mol. The van der Waals surface area contributed by atoms with Crippen LogP contribution in [0.3, 0.4) is 0 Å². The lowest BCUT2D eigenvalue weighted by Crippen LogP contribution is -2.38. The van der Waals surface area contributed by atoms with E-state index in [1.54, 1.807) is 7.11 Å². The number of anilines is 1. The van der Waals surface area contributed by atoms with Crippen LogP contribution in [-0.2, 0) is 4.74 Å². The van der Waals surface area contributed by atoms with Crippen molar-refractivity contribution in [2.45, 2.75) is 26.7 Å². The van der Waals surface area contributed by atoms with E-state index < -0.39 is 0 Å². The summed E-state index contributed by atoms with van der Waals surface area (Å²) in [5.41, 5.74) is 2.16. The van der Waals surface area contributed by atoms with Gasteiger partial charge in [-0.15, -0.1) is 10.2 Å². The van der Waals surface area contributed by atoms with E-state index in [-0.39, 0.29) is 0 Å².